The van der Waals surface area contributed by atoms with Gasteiger partial charge in [-0.25, -0.2) is 0 Å². The molecule has 1 aliphatic carbocycles. The van der Waals surface area contributed by atoms with Crippen LogP contribution in [0.1, 0.15) is 28.4 Å². The molecule has 0 bridgehead atoms. The first-order valence-electron chi connectivity index (χ1n) is 7.00. The molecule has 1 unspecified atom stereocenters. The third-order valence-corrected chi connectivity index (χ3v) is 5.61. The molecule has 0 spiro atoms. The van der Waals surface area contributed by atoms with E-state index in [1.165, 1.54) is 40.8 Å². The summed E-state index contributed by atoms with van der Waals surface area (Å²) in [4.78, 5) is 1.34. The molecule has 2 N–H and O–H groups in total. The van der Waals surface area contributed by atoms with Crippen LogP contribution in [0.5, 0.6) is 0 Å². The van der Waals surface area contributed by atoms with Crippen molar-refractivity contribution in [2.75, 3.05) is 6.54 Å². The Morgan fingerprint density at radius 1 is 1.05 bits per heavy atom. The molecule has 1 atom stereocenters. The van der Waals surface area contributed by atoms with E-state index in [-0.39, 0.29) is 0 Å². The van der Waals surface area contributed by atoms with E-state index in [9.17, 15) is 0 Å². The molecule has 0 fully saturated rings. The summed E-state index contributed by atoms with van der Waals surface area (Å²) in [6.07, 6.45) is 3.78. The van der Waals surface area contributed by atoms with E-state index >= 15 is 0 Å². The molecule has 2 aromatic carbocycles. The lowest BCUT2D eigenvalue weighted by Crippen LogP contribution is -2.09. The minimum Gasteiger partial charge on any atom is -0.329 e. The van der Waals surface area contributed by atoms with Crippen LogP contribution in [-0.4, -0.2) is 6.54 Å². The molecule has 1 nitrogen and oxygen atoms in total. The molecule has 0 aromatic heterocycles. The van der Waals surface area contributed by atoms with Gasteiger partial charge in [-0.05, 0) is 60.2 Å². The molecule has 0 saturated heterocycles. The second-order valence-electron chi connectivity index (χ2n) is 5.18. The summed E-state index contributed by atoms with van der Waals surface area (Å²) in [5, 5.41) is 0.322. The standard InChI is InChI=1S/C17H18BrNS/c18-15-7-4-13(5-8-15)17(11-19)20-16-9-6-12-2-1-3-14(12)10-16/h4-10,17H,1-3,11,19H2. The zero-order valence-corrected chi connectivity index (χ0v) is 13.7. The van der Waals surface area contributed by atoms with Crippen molar-refractivity contribution < 1.29 is 0 Å². The molecule has 1 aliphatic rings. The summed E-state index contributed by atoms with van der Waals surface area (Å²) in [6.45, 7) is 0.656. The van der Waals surface area contributed by atoms with Crippen LogP contribution in [0.2, 0.25) is 0 Å². The number of thioether (sulfide) groups is 1. The van der Waals surface area contributed by atoms with E-state index in [1.807, 2.05) is 11.8 Å². The Morgan fingerprint density at radius 3 is 2.55 bits per heavy atom. The first kappa shape index (κ1) is 14.2. The molecule has 0 amide bonds. The number of hydrogen-bond acceptors (Lipinski definition) is 2. The normalized spacial score (nSPS) is 15.1. The maximum Gasteiger partial charge on any atom is 0.0466 e. The summed E-state index contributed by atoms with van der Waals surface area (Å²) < 4.78 is 1.11. The summed E-state index contributed by atoms with van der Waals surface area (Å²) in [5.74, 6) is 0. The first-order chi connectivity index (χ1) is 9.76. The number of aryl methyl sites for hydroxylation is 2. The van der Waals surface area contributed by atoms with Gasteiger partial charge in [-0.2, -0.15) is 0 Å². The average Bonchev–Trinajstić information content (AvgIpc) is 2.93. The Morgan fingerprint density at radius 2 is 1.80 bits per heavy atom. The van der Waals surface area contributed by atoms with Crippen molar-refractivity contribution in [2.45, 2.75) is 29.4 Å². The molecule has 0 heterocycles. The van der Waals surface area contributed by atoms with Crippen molar-refractivity contribution in [1.82, 2.24) is 0 Å². The first-order valence-corrected chi connectivity index (χ1v) is 8.67. The smallest absolute Gasteiger partial charge is 0.0466 e. The Kier molecular flexibility index (Phi) is 4.49. The summed E-state index contributed by atoms with van der Waals surface area (Å²) >= 11 is 5.35. The fraction of sp³-hybridized carbons (Fsp3) is 0.294. The Balaban J connectivity index is 1.79. The highest BCUT2D eigenvalue weighted by Gasteiger charge is 2.15. The highest BCUT2D eigenvalue weighted by molar-refractivity contribution is 9.10. The van der Waals surface area contributed by atoms with Gasteiger partial charge < -0.3 is 5.73 Å². The van der Waals surface area contributed by atoms with E-state index in [0.29, 0.717) is 11.8 Å². The molecule has 0 aliphatic heterocycles. The van der Waals surface area contributed by atoms with Crippen LogP contribution >= 0.6 is 27.7 Å². The van der Waals surface area contributed by atoms with Crippen LogP contribution in [-0.2, 0) is 12.8 Å². The van der Waals surface area contributed by atoms with Crippen molar-refractivity contribution >= 4 is 27.7 Å². The minimum absolute atomic E-state index is 0.322. The van der Waals surface area contributed by atoms with Gasteiger partial charge in [-0.15, -0.1) is 11.8 Å². The maximum absolute atomic E-state index is 5.97. The van der Waals surface area contributed by atoms with Crippen LogP contribution in [0.4, 0.5) is 0 Å². The lowest BCUT2D eigenvalue weighted by Gasteiger charge is -2.15. The van der Waals surface area contributed by atoms with Gasteiger partial charge in [0.25, 0.3) is 0 Å². The summed E-state index contributed by atoms with van der Waals surface area (Å²) in [6, 6.07) is 15.4. The molecule has 20 heavy (non-hydrogen) atoms. The molecule has 0 saturated carbocycles. The summed E-state index contributed by atoms with van der Waals surface area (Å²) in [5.41, 5.74) is 10.3. The van der Waals surface area contributed by atoms with Gasteiger partial charge in [-0.3, -0.25) is 0 Å². The molecule has 3 heteroatoms. The van der Waals surface area contributed by atoms with Crippen molar-refractivity contribution in [3.05, 3.63) is 63.6 Å². The Bertz CT molecular complexity index is 594. The topological polar surface area (TPSA) is 26.0 Å². The SMILES string of the molecule is NCC(Sc1ccc2c(c1)CCC2)c1ccc(Br)cc1. The van der Waals surface area contributed by atoms with Crippen LogP contribution in [0.25, 0.3) is 0 Å². The van der Waals surface area contributed by atoms with E-state index in [0.717, 1.165) is 4.47 Å². The second-order valence-corrected chi connectivity index (χ2v) is 7.37. The largest absolute Gasteiger partial charge is 0.329 e. The van der Waals surface area contributed by atoms with Crippen LogP contribution in [0.15, 0.2) is 51.8 Å². The van der Waals surface area contributed by atoms with Crippen LogP contribution in [0.3, 0.4) is 0 Å². The minimum atomic E-state index is 0.322. The van der Waals surface area contributed by atoms with Gasteiger partial charge in [0.2, 0.25) is 0 Å². The highest BCUT2D eigenvalue weighted by atomic mass is 79.9. The molecule has 104 valence electrons. The monoisotopic (exact) mass is 347 g/mol. The molecule has 2 aromatic rings. The lowest BCUT2D eigenvalue weighted by molar-refractivity contribution is 0.911. The predicted molar refractivity (Wildman–Crippen MR) is 90.3 cm³/mol. The van der Waals surface area contributed by atoms with E-state index in [2.05, 4.69) is 58.4 Å². The van der Waals surface area contributed by atoms with E-state index in [1.54, 1.807) is 0 Å². The predicted octanol–water partition coefficient (Wildman–Crippen LogP) is 4.73. The highest BCUT2D eigenvalue weighted by Crippen LogP contribution is 2.36. The fourth-order valence-electron chi connectivity index (χ4n) is 2.72. The zero-order valence-electron chi connectivity index (χ0n) is 11.3. The Hall–Kier alpha value is -0.770. The molecule has 0 radical (unpaired) electrons. The molecular formula is C17H18BrNS. The second kappa shape index (κ2) is 6.33. The summed E-state index contributed by atoms with van der Waals surface area (Å²) in [7, 11) is 0. The van der Waals surface area contributed by atoms with Crippen molar-refractivity contribution in [3.8, 4) is 0 Å². The zero-order chi connectivity index (χ0) is 13.9. The maximum atomic E-state index is 5.97. The van der Waals surface area contributed by atoms with Crippen molar-refractivity contribution in [3.63, 3.8) is 0 Å². The Labute approximate surface area is 133 Å². The number of rotatable bonds is 4. The quantitative estimate of drug-likeness (QED) is 0.809. The molecular weight excluding hydrogens is 330 g/mol. The van der Waals surface area contributed by atoms with Crippen molar-refractivity contribution in [1.29, 1.82) is 0 Å². The number of benzene rings is 2. The van der Waals surface area contributed by atoms with Gasteiger partial charge in [-0.1, -0.05) is 34.1 Å². The van der Waals surface area contributed by atoms with Gasteiger partial charge in [0.15, 0.2) is 0 Å². The number of hydrogen-bond donors (Lipinski definition) is 1. The number of nitrogens with two attached hydrogens (primary N) is 1. The number of halogens is 1. The molecule has 3 rings (SSSR count). The number of fused-ring (bicyclic) bond motifs is 1. The van der Waals surface area contributed by atoms with Crippen LogP contribution in [0, 0.1) is 0 Å². The van der Waals surface area contributed by atoms with Gasteiger partial charge in [0.05, 0.1) is 0 Å². The third-order valence-electron chi connectivity index (χ3n) is 3.80. The lowest BCUT2D eigenvalue weighted by atomic mass is 10.1. The van der Waals surface area contributed by atoms with Crippen molar-refractivity contribution in [2.24, 2.45) is 5.73 Å². The van der Waals surface area contributed by atoms with Gasteiger partial charge in [0.1, 0.15) is 0 Å². The van der Waals surface area contributed by atoms with E-state index < -0.39 is 0 Å². The third kappa shape index (κ3) is 3.11. The van der Waals surface area contributed by atoms with Crippen LogP contribution < -0.4 is 5.73 Å². The van der Waals surface area contributed by atoms with E-state index in [4.69, 9.17) is 5.73 Å². The fourth-order valence-corrected chi connectivity index (χ4v) is 4.05. The van der Waals surface area contributed by atoms with Gasteiger partial charge >= 0.3 is 0 Å². The van der Waals surface area contributed by atoms with Gasteiger partial charge in [0, 0.05) is 21.2 Å². The average molecular weight is 348 g/mol.